The molecule has 6 heteroatoms. The van der Waals surface area contributed by atoms with Crippen molar-refractivity contribution in [3.63, 3.8) is 0 Å². The first-order valence-corrected chi connectivity index (χ1v) is 10.4. The van der Waals surface area contributed by atoms with Gasteiger partial charge in [0.25, 0.3) is 0 Å². The molecule has 0 unspecified atom stereocenters. The molecule has 2 aromatic heterocycles. The van der Waals surface area contributed by atoms with Crippen molar-refractivity contribution in [1.29, 1.82) is 0 Å². The minimum Gasteiger partial charge on any atom is -0.492 e. The van der Waals surface area contributed by atoms with Gasteiger partial charge in [0.15, 0.2) is 5.76 Å². The van der Waals surface area contributed by atoms with E-state index in [1.807, 2.05) is 53.1 Å². The van der Waals surface area contributed by atoms with Gasteiger partial charge in [-0.05, 0) is 55.1 Å². The number of nitrogens with zero attached hydrogens (tertiary/aromatic N) is 4. The molecule has 6 nitrogen and oxygen atoms in total. The molecule has 1 saturated heterocycles. The monoisotopic (exact) mass is 402 g/mol. The largest absolute Gasteiger partial charge is 0.492 e. The summed E-state index contributed by atoms with van der Waals surface area (Å²) in [7, 11) is 2.17. The van der Waals surface area contributed by atoms with Gasteiger partial charge in [-0.15, -0.1) is 0 Å². The lowest BCUT2D eigenvalue weighted by molar-refractivity contribution is 0.133. The van der Waals surface area contributed by atoms with E-state index in [1.165, 1.54) is 0 Å². The van der Waals surface area contributed by atoms with E-state index in [2.05, 4.69) is 28.4 Å². The normalized spacial score (nSPS) is 17.5. The lowest BCUT2D eigenvalue weighted by atomic mass is 10.0. The Hall–Kier alpha value is -3.09. The molecular formula is C24H26N4O2. The van der Waals surface area contributed by atoms with Gasteiger partial charge in [0.1, 0.15) is 23.8 Å². The molecule has 2 aliphatic heterocycles. The predicted molar refractivity (Wildman–Crippen MR) is 119 cm³/mol. The molecule has 5 rings (SSSR count). The van der Waals surface area contributed by atoms with Crippen LogP contribution in [0.1, 0.15) is 11.3 Å². The SMILES string of the molecule is C=C1C=C(c2cc3cccn3cn2)Oc2ccc(OCCN3CCN(C)CC3)cc21. The zero-order chi connectivity index (χ0) is 20.5. The zero-order valence-electron chi connectivity index (χ0n) is 17.3. The Bertz CT molecular complexity index is 1110. The summed E-state index contributed by atoms with van der Waals surface area (Å²) in [6.45, 7) is 10.3. The van der Waals surface area contributed by atoms with Crippen LogP contribution in [-0.2, 0) is 0 Å². The van der Waals surface area contributed by atoms with Gasteiger partial charge in [-0.2, -0.15) is 0 Å². The van der Waals surface area contributed by atoms with E-state index >= 15 is 0 Å². The van der Waals surface area contributed by atoms with Gasteiger partial charge < -0.3 is 18.8 Å². The second kappa shape index (κ2) is 7.97. The van der Waals surface area contributed by atoms with Crippen LogP contribution in [0.3, 0.4) is 0 Å². The van der Waals surface area contributed by atoms with Gasteiger partial charge in [0.05, 0.1) is 6.33 Å². The number of fused-ring (bicyclic) bond motifs is 2. The number of benzene rings is 1. The summed E-state index contributed by atoms with van der Waals surface area (Å²) < 4.78 is 14.1. The summed E-state index contributed by atoms with van der Waals surface area (Å²) in [6.07, 6.45) is 5.71. The maximum atomic E-state index is 6.14. The number of likely N-dealkylation sites (N-methyl/N-ethyl adjacent to an activating group) is 1. The summed E-state index contributed by atoms with van der Waals surface area (Å²) in [5, 5.41) is 0. The summed E-state index contributed by atoms with van der Waals surface area (Å²) in [6, 6.07) is 12.0. The minimum absolute atomic E-state index is 0.679. The highest BCUT2D eigenvalue weighted by Gasteiger charge is 2.19. The third-order valence-electron chi connectivity index (χ3n) is 5.76. The van der Waals surface area contributed by atoms with E-state index in [9.17, 15) is 0 Å². The number of aromatic nitrogens is 2. The van der Waals surface area contributed by atoms with E-state index in [1.54, 1.807) is 6.33 Å². The van der Waals surface area contributed by atoms with E-state index < -0.39 is 0 Å². The van der Waals surface area contributed by atoms with Crippen LogP contribution in [0.2, 0.25) is 0 Å². The van der Waals surface area contributed by atoms with Gasteiger partial charge in [0, 0.05) is 50.0 Å². The third-order valence-corrected chi connectivity index (χ3v) is 5.76. The van der Waals surface area contributed by atoms with Crippen molar-refractivity contribution >= 4 is 16.8 Å². The molecule has 0 bridgehead atoms. The number of allylic oxidation sites excluding steroid dienone is 2. The Morgan fingerprint density at radius 3 is 2.87 bits per heavy atom. The second-order valence-corrected chi connectivity index (χ2v) is 7.90. The number of rotatable bonds is 5. The quantitative estimate of drug-likeness (QED) is 0.654. The molecule has 0 aliphatic carbocycles. The number of piperazine rings is 1. The van der Waals surface area contributed by atoms with Crippen LogP contribution in [0.4, 0.5) is 0 Å². The highest BCUT2D eigenvalue weighted by molar-refractivity contribution is 5.87. The smallest absolute Gasteiger partial charge is 0.153 e. The van der Waals surface area contributed by atoms with E-state index in [0.29, 0.717) is 12.4 Å². The Labute approximate surface area is 176 Å². The van der Waals surface area contributed by atoms with Gasteiger partial charge in [-0.3, -0.25) is 4.90 Å². The van der Waals surface area contributed by atoms with Crippen molar-refractivity contribution in [3.8, 4) is 11.5 Å². The van der Waals surface area contributed by atoms with Crippen molar-refractivity contribution in [1.82, 2.24) is 19.2 Å². The Morgan fingerprint density at radius 2 is 2.00 bits per heavy atom. The van der Waals surface area contributed by atoms with Crippen molar-refractivity contribution < 1.29 is 9.47 Å². The fourth-order valence-corrected chi connectivity index (χ4v) is 3.88. The highest BCUT2D eigenvalue weighted by Crippen LogP contribution is 2.37. The highest BCUT2D eigenvalue weighted by atomic mass is 16.5. The van der Waals surface area contributed by atoms with Crippen LogP contribution in [0.5, 0.6) is 11.5 Å². The maximum Gasteiger partial charge on any atom is 0.153 e. The van der Waals surface area contributed by atoms with Gasteiger partial charge >= 0.3 is 0 Å². The summed E-state index contributed by atoms with van der Waals surface area (Å²) in [4.78, 5) is 9.32. The molecule has 0 N–H and O–H groups in total. The summed E-state index contributed by atoms with van der Waals surface area (Å²) in [5.41, 5.74) is 3.72. The van der Waals surface area contributed by atoms with Gasteiger partial charge in [0.2, 0.25) is 0 Å². The lowest BCUT2D eigenvalue weighted by Gasteiger charge is -2.32. The second-order valence-electron chi connectivity index (χ2n) is 7.90. The van der Waals surface area contributed by atoms with E-state index in [4.69, 9.17) is 9.47 Å². The Balaban J connectivity index is 1.26. The molecule has 0 amide bonds. The molecule has 2 aliphatic rings. The minimum atomic E-state index is 0.679. The number of ether oxygens (including phenoxy) is 2. The topological polar surface area (TPSA) is 42.2 Å². The van der Waals surface area contributed by atoms with Gasteiger partial charge in [-0.25, -0.2) is 4.98 Å². The molecular weight excluding hydrogens is 376 g/mol. The third kappa shape index (κ3) is 3.84. The molecule has 0 spiro atoms. The Morgan fingerprint density at radius 1 is 1.13 bits per heavy atom. The lowest BCUT2D eigenvalue weighted by Crippen LogP contribution is -2.45. The van der Waals surface area contributed by atoms with Crippen LogP contribution in [0, 0.1) is 0 Å². The summed E-state index contributed by atoms with van der Waals surface area (Å²) >= 11 is 0. The number of hydrogen-bond acceptors (Lipinski definition) is 5. The van der Waals surface area contributed by atoms with Crippen LogP contribution in [0.25, 0.3) is 16.8 Å². The van der Waals surface area contributed by atoms with Crippen LogP contribution >= 0.6 is 0 Å². The fraction of sp³-hybridized carbons (Fsp3) is 0.292. The van der Waals surface area contributed by atoms with E-state index in [-0.39, 0.29) is 0 Å². The Kier molecular flexibility index (Phi) is 5.02. The number of hydrogen-bond donors (Lipinski definition) is 0. The predicted octanol–water partition coefficient (Wildman–Crippen LogP) is 3.41. The molecule has 0 radical (unpaired) electrons. The molecule has 0 saturated carbocycles. The molecule has 154 valence electrons. The van der Waals surface area contributed by atoms with Crippen molar-refractivity contribution in [2.24, 2.45) is 0 Å². The molecule has 1 fully saturated rings. The van der Waals surface area contributed by atoms with Crippen LogP contribution in [-0.4, -0.2) is 65.6 Å². The molecule has 4 heterocycles. The molecule has 0 atom stereocenters. The average Bonchev–Trinajstić information content (AvgIpc) is 3.23. The molecule has 1 aromatic carbocycles. The first-order valence-electron chi connectivity index (χ1n) is 10.4. The van der Waals surface area contributed by atoms with Crippen LogP contribution < -0.4 is 9.47 Å². The van der Waals surface area contributed by atoms with E-state index in [0.717, 1.165) is 66.6 Å². The molecule has 3 aromatic rings. The average molecular weight is 402 g/mol. The first-order chi connectivity index (χ1) is 14.7. The van der Waals surface area contributed by atoms with Crippen molar-refractivity contribution in [3.05, 3.63) is 72.8 Å². The summed E-state index contributed by atoms with van der Waals surface area (Å²) in [5.74, 6) is 2.33. The van der Waals surface area contributed by atoms with Crippen molar-refractivity contribution in [2.45, 2.75) is 0 Å². The maximum absolute atomic E-state index is 6.14. The first kappa shape index (κ1) is 18.9. The van der Waals surface area contributed by atoms with Gasteiger partial charge in [-0.1, -0.05) is 6.58 Å². The fourth-order valence-electron chi connectivity index (χ4n) is 3.88. The van der Waals surface area contributed by atoms with Crippen molar-refractivity contribution in [2.75, 3.05) is 46.4 Å². The molecule has 30 heavy (non-hydrogen) atoms. The standard InChI is InChI=1S/C24H26N4O2/c1-18-14-24(22-15-19-4-3-7-28(19)17-25-22)30-23-6-5-20(16-21(18)23)29-13-12-27-10-8-26(2)9-11-27/h3-7,14-17H,1,8-13H2,2H3. The van der Waals surface area contributed by atoms with Crippen LogP contribution in [0.15, 0.2) is 61.6 Å². The zero-order valence-corrected chi connectivity index (χ0v) is 17.3.